The fourth-order valence-corrected chi connectivity index (χ4v) is 1.51. The van der Waals surface area contributed by atoms with Crippen LogP contribution >= 0.6 is 0 Å². The molecule has 4 N–H and O–H groups in total. The van der Waals surface area contributed by atoms with Crippen LogP contribution in [0.2, 0.25) is 0 Å². The van der Waals surface area contributed by atoms with Crippen molar-refractivity contribution in [1.82, 2.24) is 4.98 Å². The van der Waals surface area contributed by atoms with Crippen molar-refractivity contribution in [3.8, 4) is 0 Å². The molecule has 0 aliphatic heterocycles. The van der Waals surface area contributed by atoms with Gasteiger partial charge in [0.2, 0.25) is 0 Å². The molecule has 1 heterocycles. The SMILES string of the molecule is CCC(O)CCNc1nc(C(F)(F)F)ccc1C(N)=O. The summed E-state index contributed by atoms with van der Waals surface area (Å²) in [5.74, 6) is -1.10. The molecule has 0 bridgehead atoms. The van der Waals surface area contributed by atoms with E-state index >= 15 is 0 Å². The van der Waals surface area contributed by atoms with Crippen LogP contribution in [-0.2, 0) is 6.18 Å². The first kappa shape index (κ1) is 16.2. The van der Waals surface area contributed by atoms with Crippen LogP contribution in [0.5, 0.6) is 0 Å². The largest absolute Gasteiger partial charge is 0.433 e. The molecule has 5 nitrogen and oxygen atoms in total. The number of aromatic nitrogens is 1. The quantitative estimate of drug-likeness (QED) is 0.745. The van der Waals surface area contributed by atoms with Crippen molar-refractivity contribution >= 4 is 11.7 Å². The molecule has 1 rings (SSSR count). The van der Waals surface area contributed by atoms with Gasteiger partial charge in [0.05, 0.1) is 11.7 Å². The van der Waals surface area contributed by atoms with Crippen molar-refractivity contribution in [2.75, 3.05) is 11.9 Å². The van der Waals surface area contributed by atoms with E-state index in [1.54, 1.807) is 6.92 Å². The third-order valence-electron chi connectivity index (χ3n) is 2.69. The Balaban J connectivity index is 2.92. The molecule has 0 saturated heterocycles. The molecule has 0 fully saturated rings. The van der Waals surface area contributed by atoms with Gasteiger partial charge in [-0.1, -0.05) is 6.92 Å². The Morgan fingerprint density at radius 3 is 2.65 bits per heavy atom. The van der Waals surface area contributed by atoms with Gasteiger partial charge in [-0.2, -0.15) is 13.2 Å². The molecule has 0 radical (unpaired) electrons. The summed E-state index contributed by atoms with van der Waals surface area (Å²) in [4.78, 5) is 14.5. The number of aliphatic hydroxyl groups excluding tert-OH is 1. The zero-order valence-corrected chi connectivity index (χ0v) is 10.9. The molecule has 1 atom stereocenters. The van der Waals surface area contributed by atoms with Gasteiger partial charge in [0, 0.05) is 6.54 Å². The summed E-state index contributed by atoms with van der Waals surface area (Å²) in [5, 5.41) is 12.0. The second-order valence-corrected chi connectivity index (χ2v) is 4.23. The summed E-state index contributed by atoms with van der Waals surface area (Å²) >= 11 is 0. The molecular formula is C12H16F3N3O2. The third kappa shape index (κ3) is 4.37. The van der Waals surface area contributed by atoms with Gasteiger partial charge in [0.25, 0.3) is 5.91 Å². The number of nitrogens with zero attached hydrogens (tertiary/aromatic N) is 1. The van der Waals surface area contributed by atoms with Gasteiger partial charge in [0.15, 0.2) is 0 Å². The smallest absolute Gasteiger partial charge is 0.393 e. The van der Waals surface area contributed by atoms with Crippen molar-refractivity contribution in [2.45, 2.75) is 32.0 Å². The Labute approximate surface area is 114 Å². The van der Waals surface area contributed by atoms with Gasteiger partial charge < -0.3 is 16.2 Å². The molecule has 0 aromatic carbocycles. The number of amides is 1. The lowest BCUT2D eigenvalue weighted by Crippen LogP contribution is -2.20. The van der Waals surface area contributed by atoms with Crippen LogP contribution in [0.15, 0.2) is 12.1 Å². The number of alkyl halides is 3. The standard InChI is InChI=1S/C12H16F3N3O2/c1-2-7(19)5-6-17-11-8(10(16)20)3-4-9(18-11)12(13,14)15/h3-4,7,19H,2,5-6H2,1H3,(H2,16,20)(H,17,18). The normalized spacial score (nSPS) is 13.1. The fraction of sp³-hybridized carbons (Fsp3) is 0.500. The highest BCUT2D eigenvalue weighted by atomic mass is 19.4. The molecule has 0 aliphatic carbocycles. The van der Waals surface area contributed by atoms with Crippen molar-refractivity contribution in [2.24, 2.45) is 5.73 Å². The number of carbonyl (C=O) groups excluding carboxylic acids is 1. The Morgan fingerprint density at radius 2 is 2.15 bits per heavy atom. The Bertz CT molecular complexity index is 478. The van der Waals surface area contributed by atoms with Crippen molar-refractivity contribution in [1.29, 1.82) is 0 Å². The van der Waals surface area contributed by atoms with Crippen LogP contribution < -0.4 is 11.1 Å². The van der Waals surface area contributed by atoms with Gasteiger partial charge in [-0.3, -0.25) is 4.79 Å². The second-order valence-electron chi connectivity index (χ2n) is 4.23. The number of hydrogen-bond acceptors (Lipinski definition) is 4. The average Bonchev–Trinajstić information content (AvgIpc) is 2.37. The number of halogens is 3. The van der Waals surface area contributed by atoms with Gasteiger partial charge in [-0.15, -0.1) is 0 Å². The lowest BCUT2D eigenvalue weighted by atomic mass is 10.2. The number of aliphatic hydroxyl groups is 1. The number of pyridine rings is 1. The Hall–Kier alpha value is -1.83. The van der Waals surface area contributed by atoms with E-state index in [2.05, 4.69) is 10.3 Å². The van der Waals surface area contributed by atoms with Crippen molar-refractivity contribution in [3.63, 3.8) is 0 Å². The molecular weight excluding hydrogens is 275 g/mol. The van der Waals surface area contributed by atoms with Crippen LogP contribution in [0.25, 0.3) is 0 Å². The van der Waals surface area contributed by atoms with Gasteiger partial charge in [-0.05, 0) is 25.0 Å². The number of carbonyl (C=O) groups is 1. The molecule has 1 unspecified atom stereocenters. The first-order chi connectivity index (χ1) is 9.25. The van der Waals surface area contributed by atoms with Gasteiger partial charge in [0.1, 0.15) is 11.5 Å². The maximum atomic E-state index is 12.6. The van der Waals surface area contributed by atoms with Crippen molar-refractivity contribution < 1.29 is 23.1 Å². The van der Waals surface area contributed by atoms with Gasteiger partial charge >= 0.3 is 6.18 Å². The summed E-state index contributed by atoms with van der Waals surface area (Å²) in [7, 11) is 0. The summed E-state index contributed by atoms with van der Waals surface area (Å²) in [5.41, 5.74) is 3.85. The number of rotatable bonds is 6. The van der Waals surface area contributed by atoms with E-state index in [0.717, 1.165) is 6.07 Å². The molecule has 8 heteroatoms. The number of primary amides is 1. The highest BCUT2D eigenvalue weighted by Crippen LogP contribution is 2.29. The maximum absolute atomic E-state index is 12.6. The lowest BCUT2D eigenvalue weighted by molar-refractivity contribution is -0.141. The van der Waals surface area contributed by atoms with Gasteiger partial charge in [-0.25, -0.2) is 4.98 Å². The van der Waals surface area contributed by atoms with Crippen molar-refractivity contribution in [3.05, 3.63) is 23.4 Å². The highest BCUT2D eigenvalue weighted by molar-refractivity contribution is 5.97. The van der Waals surface area contributed by atoms with E-state index in [1.807, 2.05) is 0 Å². The first-order valence-electron chi connectivity index (χ1n) is 6.05. The number of nitrogens with two attached hydrogens (primary N) is 1. The predicted molar refractivity (Wildman–Crippen MR) is 67.2 cm³/mol. The second kappa shape index (κ2) is 6.56. The minimum Gasteiger partial charge on any atom is -0.393 e. The molecule has 0 spiro atoms. The number of anilines is 1. The summed E-state index contributed by atoms with van der Waals surface area (Å²) < 4.78 is 37.7. The maximum Gasteiger partial charge on any atom is 0.433 e. The molecule has 0 saturated carbocycles. The Morgan fingerprint density at radius 1 is 1.50 bits per heavy atom. The highest BCUT2D eigenvalue weighted by Gasteiger charge is 2.33. The minimum absolute atomic E-state index is 0.121. The molecule has 1 amide bonds. The van der Waals surface area contributed by atoms with E-state index in [0.29, 0.717) is 18.9 Å². The number of nitrogens with one attached hydrogen (secondary N) is 1. The summed E-state index contributed by atoms with van der Waals surface area (Å²) in [6.07, 6.45) is -4.31. The van der Waals surface area contributed by atoms with E-state index in [-0.39, 0.29) is 17.9 Å². The predicted octanol–water partition coefficient (Wildman–Crippen LogP) is 1.77. The first-order valence-corrected chi connectivity index (χ1v) is 6.05. The van der Waals surface area contributed by atoms with Crippen LogP contribution in [0, 0.1) is 0 Å². The molecule has 1 aromatic heterocycles. The molecule has 20 heavy (non-hydrogen) atoms. The molecule has 1 aromatic rings. The average molecular weight is 291 g/mol. The molecule has 112 valence electrons. The van der Waals surface area contributed by atoms with E-state index in [9.17, 15) is 23.1 Å². The number of hydrogen-bond donors (Lipinski definition) is 3. The topological polar surface area (TPSA) is 88.2 Å². The lowest BCUT2D eigenvalue weighted by Gasteiger charge is -2.13. The van der Waals surface area contributed by atoms with E-state index in [4.69, 9.17) is 5.73 Å². The summed E-state index contributed by atoms with van der Waals surface area (Å²) in [6.45, 7) is 1.96. The minimum atomic E-state index is -4.60. The van der Waals surface area contributed by atoms with Crippen LogP contribution in [0.3, 0.4) is 0 Å². The Kier molecular flexibility index (Phi) is 5.32. The summed E-state index contributed by atoms with van der Waals surface area (Å²) in [6, 6.07) is 1.68. The monoisotopic (exact) mass is 291 g/mol. The fourth-order valence-electron chi connectivity index (χ4n) is 1.51. The zero-order chi connectivity index (χ0) is 15.3. The van der Waals surface area contributed by atoms with Crippen LogP contribution in [0.4, 0.5) is 19.0 Å². The van der Waals surface area contributed by atoms with E-state index in [1.165, 1.54) is 0 Å². The van der Waals surface area contributed by atoms with Crippen LogP contribution in [-0.4, -0.2) is 28.6 Å². The molecule has 0 aliphatic rings. The van der Waals surface area contributed by atoms with Crippen LogP contribution in [0.1, 0.15) is 35.8 Å². The third-order valence-corrected chi connectivity index (χ3v) is 2.69. The van der Waals surface area contributed by atoms with E-state index < -0.39 is 23.9 Å². The zero-order valence-electron chi connectivity index (χ0n) is 10.9.